The number of nitrogens with one attached hydrogen (secondary N) is 8. The van der Waals surface area contributed by atoms with Crippen LogP contribution in [0.15, 0.2) is 0 Å². The van der Waals surface area contributed by atoms with Gasteiger partial charge in [0.2, 0.25) is 47.3 Å². The molecule has 0 aromatic rings. The predicted molar refractivity (Wildman–Crippen MR) is 335 cm³/mol. The first-order valence-electron chi connectivity index (χ1n) is 32.9. The number of carbonyl (C=O) groups excluding carboxylic acids is 8. The maximum Gasteiger partial charge on any atom is 0.222 e. The number of aliphatic hydroxyl groups is 9. The Bertz CT molecular complexity index is 2100. The van der Waals surface area contributed by atoms with Crippen LogP contribution in [0.5, 0.6) is 0 Å². The van der Waals surface area contributed by atoms with Crippen LogP contribution in [-0.4, -0.2) is 308 Å². The minimum Gasteiger partial charge on any atom is -0.394 e. The molecule has 0 aliphatic carbocycles. The van der Waals surface area contributed by atoms with Crippen LogP contribution in [0.4, 0.5) is 0 Å². The molecule has 3 saturated heterocycles. The van der Waals surface area contributed by atoms with E-state index in [2.05, 4.69) is 42.5 Å². The van der Waals surface area contributed by atoms with Crippen molar-refractivity contribution in [1.82, 2.24) is 42.5 Å². The van der Waals surface area contributed by atoms with Crippen molar-refractivity contribution in [3.05, 3.63) is 0 Å². The number of aliphatic hydroxyl groups excluding tert-OH is 9. The molecule has 35 nitrogen and oxygen atoms in total. The van der Waals surface area contributed by atoms with Crippen molar-refractivity contribution in [2.24, 2.45) is 0 Å². The molecule has 3 aliphatic heterocycles. The summed E-state index contributed by atoms with van der Waals surface area (Å²) in [4.78, 5) is 101. The van der Waals surface area contributed by atoms with Crippen LogP contribution in [0.3, 0.4) is 0 Å². The zero-order valence-corrected chi connectivity index (χ0v) is 56.2. The molecule has 0 bridgehead atoms. The molecule has 556 valence electrons. The summed E-state index contributed by atoms with van der Waals surface area (Å²) in [6.07, 6.45) is -12.7. The lowest BCUT2D eigenvalue weighted by Gasteiger charge is -2.42. The van der Waals surface area contributed by atoms with Gasteiger partial charge in [-0.1, -0.05) is 12.8 Å². The van der Waals surface area contributed by atoms with Crippen molar-refractivity contribution in [3.63, 3.8) is 0 Å². The molecule has 8 amide bonds. The Morgan fingerprint density at radius 3 is 1.01 bits per heavy atom. The molecule has 3 aliphatic rings. The van der Waals surface area contributed by atoms with Crippen molar-refractivity contribution in [1.29, 1.82) is 0 Å². The van der Waals surface area contributed by atoms with E-state index in [0.717, 1.165) is 25.7 Å². The van der Waals surface area contributed by atoms with E-state index in [9.17, 15) is 84.3 Å². The van der Waals surface area contributed by atoms with Crippen LogP contribution in [0.2, 0.25) is 0 Å². The Balaban J connectivity index is 1.68. The van der Waals surface area contributed by atoms with Gasteiger partial charge in [0.1, 0.15) is 78.6 Å². The highest BCUT2D eigenvalue weighted by Crippen LogP contribution is 2.25. The summed E-state index contributed by atoms with van der Waals surface area (Å²) in [6.45, 7) is 7.35. The van der Waals surface area contributed by atoms with E-state index in [1.165, 1.54) is 20.8 Å². The molecular weight excluding hydrogens is 1280 g/mol. The number of hydrogen-bond donors (Lipinski definition) is 17. The van der Waals surface area contributed by atoms with Gasteiger partial charge in [-0.25, -0.2) is 0 Å². The fourth-order valence-electron chi connectivity index (χ4n) is 10.2. The van der Waals surface area contributed by atoms with Crippen molar-refractivity contribution < 1.29 is 132 Å². The third-order valence-electron chi connectivity index (χ3n) is 15.2. The fraction of sp³-hybridized carbons (Fsp3) is 0.869. The summed E-state index contributed by atoms with van der Waals surface area (Å²) in [5, 5.41) is 113. The minimum absolute atomic E-state index is 0.0310. The Morgan fingerprint density at radius 2 is 0.688 bits per heavy atom. The van der Waals surface area contributed by atoms with E-state index in [-0.39, 0.29) is 148 Å². The first-order chi connectivity index (χ1) is 45.6. The first kappa shape index (κ1) is 85.2. The summed E-state index contributed by atoms with van der Waals surface area (Å²) in [5.41, 5.74) is -1.76. The molecule has 3 heterocycles. The summed E-state index contributed by atoms with van der Waals surface area (Å²) in [7, 11) is 0. The Morgan fingerprint density at radius 1 is 0.375 bits per heavy atom. The smallest absolute Gasteiger partial charge is 0.222 e. The molecule has 0 saturated carbocycles. The Hall–Kier alpha value is -5.00. The van der Waals surface area contributed by atoms with Crippen molar-refractivity contribution in [2.75, 3.05) is 112 Å². The molecule has 15 atom stereocenters. The highest BCUT2D eigenvalue weighted by Gasteiger charge is 2.48. The van der Waals surface area contributed by atoms with Gasteiger partial charge in [0.15, 0.2) is 18.9 Å². The third-order valence-corrected chi connectivity index (χ3v) is 15.2. The lowest BCUT2D eigenvalue weighted by Crippen LogP contribution is -2.64. The summed E-state index contributed by atoms with van der Waals surface area (Å²) >= 11 is 0. The normalized spacial score (nSPS) is 26.6. The Kier molecular flexibility index (Phi) is 41.2. The second kappa shape index (κ2) is 46.4. The monoisotopic (exact) mass is 1390 g/mol. The quantitative estimate of drug-likeness (QED) is 0.0252. The molecule has 17 N–H and O–H groups in total. The maximum atomic E-state index is 13.9. The largest absolute Gasteiger partial charge is 0.394 e. The first-order valence-corrected chi connectivity index (χ1v) is 32.9. The number of hydrogen-bond acceptors (Lipinski definition) is 27. The molecule has 0 radical (unpaired) electrons. The lowest BCUT2D eigenvalue weighted by atomic mass is 9.97. The van der Waals surface area contributed by atoms with E-state index in [4.69, 9.17) is 47.4 Å². The van der Waals surface area contributed by atoms with Crippen LogP contribution in [0, 0.1) is 0 Å². The van der Waals surface area contributed by atoms with E-state index < -0.39 is 159 Å². The minimum atomic E-state index is -1.54. The SMILES string of the molecule is CC(=O)NC1[C@H](OCCCNC(=O)CCOCC(COCCC(=O)NCCCO[C@@H]2OC(CO)[C@H](O)[C@H](O)C2NC(C)=O)(COCCC(=O)NCCCO[C@@H]2OC(CO)[C@H](O)[C@H](O)C2NC(C)=O)NC(=O)CCCC(=O)NCCCCCCOC(C)(C)C)OC(CO)[C@H](O)[C@@H]1O. The average molecular weight is 1390 g/mol. The van der Waals surface area contributed by atoms with E-state index in [0.29, 0.717) is 13.2 Å². The molecule has 0 aromatic carbocycles. The number of unbranched alkanes of at least 4 members (excludes halogenated alkanes) is 3. The van der Waals surface area contributed by atoms with Gasteiger partial charge in [-0.2, -0.15) is 0 Å². The summed E-state index contributed by atoms with van der Waals surface area (Å²) in [5.74, 6) is -3.71. The fourth-order valence-corrected chi connectivity index (χ4v) is 10.2. The zero-order chi connectivity index (χ0) is 71.2. The summed E-state index contributed by atoms with van der Waals surface area (Å²) < 4.78 is 57.8. The Labute approximate surface area is 560 Å². The van der Waals surface area contributed by atoms with E-state index in [1.807, 2.05) is 20.8 Å². The van der Waals surface area contributed by atoms with Crippen LogP contribution < -0.4 is 42.5 Å². The van der Waals surface area contributed by atoms with Gasteiger partial charge in [-0.15, -0.1) is 0 Å². The molecule has 96 heavy (non-hydrogen) atoms. The van der Waals surface area contributed by atoms with Crippen LogP contribution in [-0.2, 0) is 85.7 Å². The number of ether oxygens (including phenoxy) is 10. The molecule has 3 rings (SSSR count). The van der Waals surface area contributed by atoms with Crippen LogP contribution >= 0.6 is 0 Å². The molecular formula is C61H110N8O27. The van der Waals surface area contributed by atoms with Crippen LogP contribution in [0.25, 0.3) is 0 Å². The molecule has 0 spiro atoms. The highest BCUT2D eigenvalue weighted by molar-refractivity contribution is 5.80. The maximum absolute atomic E-state index is 13.9. The number of amides is 8. The van der Waals surface area contributed by atoms with Gasteiger partial charge >= 0.3 is 0 Å². The molecule has 3 fully saturated rings. The molecule has 0 aromatic heterocycles. The van der Waals surface area contributed by atoms with Crippen molar-refractivity contribution in [2.45, 2.75) is 228 Å². The summed E-state index contributed by atoms with van der Waals surface area (Å²) in [6, 6.07) is -3.47. The standard InChI is InChI=1S/C61H110N8O27/c1-37(73)66-48-54(84)51(81)40(31-70)94-57(48)90-24-12-21-63-44(77)17-28-87-34-61(69-47(80)16-11-15-43(76)62-20-9-7-8-10-27-93-60(4,5)6,35-88-29-18-45(78)64-22-13-25-91-58-49(67-38(2)74)55(85)52(82)41(32-71)95-58)36-89-30-19-46(79)65-23-14-26-92-59-50(68-39(3)75)56(86)53(83)42(33-72)96-59/h40-42,48-59,70-72,81-86H,7-36H2,1-6H3,(H,62,76)(H,63,77)(H,64,78)(H,65,79)(H,66,73)(H,67,74)(H,68,75)(H,69,80)/t40?,41?,42?,48?,49?,50?,51-,52-,53-,54+,55+,56+,57+,58+,59+,61?/m0/s1. The molecule has 35 heteroatoms. The van der Waals surface area contributed by atoms with Gasteiger partial charge in [0, 0.05) is 85.7 Å². The van der Waals surface area contributed by atoms with E-state index >= 15 is 0 Å². The lowest BCUT2D eigenvalue weighted by molar-refractivity contribution is -0.270. The zero-order valence-electron chi connectivity index (χ0n) is 56.2. The van der Waals surface area contributed by atoms with Gasteiger partial charge in [0.05, 0.1) is 84.9 Å². The van der Waals surface area contributed by atoms with Crippen molar-refractivity contribution in [3.8, 4) is 0 Å². The average Bonchev–Trinajstić information content (AvgIpc) is 0.832. The van der Waals surface area contributed by atoms with Crippen LogP contribution in [0.1, 0.15) is 125 Å². The second-order valence-electron chi connectivity index (χ2n) is 24.8. The third kappa shape index (κ3) is 33.2. The van der Waals surface area contributed by atoms with Crippen molar-refractivity contribution >= 4 is 47.3 Å². The van der Waals surface area contributed by atoms with E-state index in [1.54, 1.807) is 0 Å². The molecule has 6 unspecified atom stereocenters. The van der Waals surface area contributed by atoms with Gasteiger partial charge < -0.3 is 136 Å². The second-order valence-corrected chi connectivity index (χ2v) is 24.8. The van der Waals surface area contributed by atoms with Gasteiger partial charge in [-0.3, -0.25) is 38.4 Å². The van der Waals surface area contributed by atoms with Gasteiger partial charge in [0.25, 0.3) is 0 Å². The highest BCUT2D eigenvalue weighted by atomic mass is 16.7. The van der Waals surface area contributed by atoms with Gasteiger partial charge in [-0.05, 0) is 59.3 Å². The number of rotatable bonds is 48. The topological polar surface area (TPSA) is 507 Å². The predicted octanol–water partition coefficient (Wildman–Crippen LogP) is -5.88. The number of carbonyl (C=O) groups is 8.